The first kappa shape index (κ1) is 14.8. The smallest absolute Gasteiger partial charge is 0.271 e. The summed E-state index contributed by atoms with van der Waals surface area (Å²) < 4.78 is 0. The molecule has 0 aromatic heterocycles. The maximum Gasteiger partial charge on any atom is 0.271 e. The number of amides is 1. The predicted octanol–water partition coefficient (Wildman–Crippen LogP) is 3.08. The summed E-state index contributed by atoms with van der Waals surface area (Å²) in [5.74, 6) is 0.0364. The molecule has 1 amide bonds. The largest absolute Gasteiger partial charge is 0.507 e. The molecule has 2 N–H and O–H groups in total. The number of hydrogen-bond acceptors (Lipinski definition) is 3. The second kappa shape index (κ2) is 6.22. The summed E-state index contributed by atoms with van der Waals surface area (Å²) in [7, 11) is 0. The zero-order valence-corrected chi connectivity index (χ0v) is 12.3. The molecule has 0 bridgehead atoms. The van der Waals surface area contributed by atoms with Crippen molar-refractivity contribution in [2.24, 2.45) is 5.10 Å². The average Bonchev–Trinajstić information content (AvgIpc) is 2.45. The molecule has 0 saturated heterocycles. The van der Waals surface area contributed by atoms with Crippen molar-refractivity contribution < 1.29 is 9.90 Å². The number of phenols is 1. The summed E-state index contributed by atoms with van der Waals surface area (Å²) in [5.41, 5.74) is 6.54. The van der Waals surface area contributed by atoms with Gasteiger partial charge >= 0.3 is 0 Å². The number of hydrogen-bond donors (Lipinski definition) is 2. The van der Waals surface area contributed by atoms with Crippen molar-refractivity contribution in [1.82, 2.24) is 5.43 Å². The van der Waals surface area contributed by atoms with Crippen molar-refractivity contribution in [3.63, 3.8) is 0 Å². The molecular formula is C17H18N2O2. The molecule has 0 aliphatic carbocycles. The maximum absolute atomic E-state index is 11.9. The van der Waals surface area contributed by atoms with E-state index in [4.69, 9.17) is 0 Å². The highest BCUT2D eigenvalue weighted by molar-refractivity contribution is 5.94. The van der Waals surface area contributed by atoms with Gasteiger partial charge in [-0.05, 0) is 61.7 Å². The van der Waals surface area contributed by atoms with E-state index in [9.17, 15) is 9.90 Å². The van der Waals surface area contributed by atoms with Gasteiger partial charge in [-0.25, -0.2) is 5.43 Å². The molecule has 0 unspecified atom stereocenters. The molecule has 2 aromatic rings. The molecule has 4 heteroatoms. The van der Waals surface area contributed by atoms with Crippen LogP contribution in [0.25, 0.3) is 0 Å². The summed E-state index contributed by atoms with van der Waals surface area (Å²) >= 11 is 0. The lowest BCUT2D eigenvalue weighted by molar-refractivity contribution is 0.0955. The number of nitrogens with one attached hydrogen (secondary N) is 1. The van der Waals surface area contributed by atoms with E-state index in [-0.39, 0.29) is 11.7 Å². The molecule has 21 heavy (non-hydrogen) atoms. The van der Waals surface area contributed by atoms with Crippen LogP contribution in [0.4, 0.5) is 0 Å². The van der Waals surface area contributed by atoms with Crippen molar-refractivity contribution in [1.29, 1.82) is 0 Å². The third kappa shape index (κ3) is 3.69. The van der Waals surface area contributed by atoms with Crippen LogP contribution in [0.3, 0.4) is 0 Å². The molecule has 108 valence electrons. The minimum Gasteiger partial charge on any atom is -0.507 e. The number of aryl methyl sites for hydroxylation is 3. The van der Waals surface area contributed by atoms with Gasteiger partial charge in [0.25, 0.3) is 5.91 Å². The fraction of sp³-hybridized carbons (Fsp3) is 0.176. The third-order valence-corrected chi connectivity index (χ3v) is 3.21. The molecule has 0 radical (unpaired) electrons. The van der Waals surface area contributed by atoms with E-state index in [2.05, 4.69) is 10.5 Å². The Balaban J connectivity index is 2.05. The van der Waals surface area contributed by atoms with Crippen LogP contribution in [0.15, 0.2) is 41.5 Å². The first-order chi connectivity index (χ1) is 9.97. The number of carbonyl (C=O) groups excluding carboxylic acids is 1. The standard InChI is InChI=1S/C17H18N2O2/c1-11-4-6-15(7-5-11)17(21)19-18-10-14-8-12(2)16(20)13(3)9-14/h4-10,20H,1-3H3,(H,19,21). The van der Waals surface area contributed by atoms with Gasteiger partial charge in [0.2, 0.25) is 0 Å². The fourth-order valence-electron chi connectivity index (χ4n) is 2.00. The zero-order valence-electron chi connectivity index (χ0n) is 12.3. The van der Waals surface area contributed by atoms with Gasteiger partial charge in [-0.1, -0.05) is 17.7 Å². The van der Waals surface area contributed by atoms with E-state index in [1.54, 1.807) is 18.3 Å². The van der Waals surface area contributed by atoms with Crippen molar-refractivity contribution in [2.75, 3.05) is 0 Å². The van der Waals surface area contributed by atoms with Gasteiger partial charge in [0, 0.05) is 5.56 Å². The molecular weight excluding hydrogens is 264 g/mol. The summed E-state index contributed by atoms with van der Waals surface area (Å²) in [6.45, 7) is 5.62. The number of nitrogens with zero attached hydrogens (tertiary/aromatic N) is 1. The van der Waals surface area contributed by atoms with Crippen LogP contribution in [-0.2, 0) is 0 Å². The SMILES string of the molecule is Cc1ccc(C(=O)NN=Cc2cc(C)c(O)c(C)c2)cc1. The average molecular weight is 282 g/mol. The molecule has 4 nitrogen and oxygen atoms in total. The second-order valence-corrected chi connectivity index (χ2v) is 5.07. The number of aromatic hydroxyl groups is 1. The van der Waals surface area contributed by atoms with E-state index in [0.29, 0.717) is 5.56 Å². The van der Waals surface area contributed by atoms with E-state index in [1.165, 1.54) is 0 Å². The summed E-state index contributed by atoms with van der Waals surface area (Å²) in [5, 5.41) is 13.6. The van der Waals surface area contributed by atoms with Crippen molar-refractivity contribution in [2.45, 2.75) is 20.8 Å². The molecule has 2 rings (SSSR count). The molecule has 0 atom stereocenters. The van der Waals surface area contributed by atoms with Crippen LogP contribution < -0.4 is 5.43 Å². The summed E-state index contributed by atoms with van der Waals surface area (Å²) in [4.78, 5) is 11.9. The first-order valence-electron chi connectivity index (χ1n) is 6.67. The monoisotopic (exact) mass is 282 g/mol. The Bertz CT molecular complexity index is 665. The number of hydrazone groups is 1. The van der Waals surface area contributed by atoms with Gasteiger partial charge in [0.15, 0.2) is 0 Å². The summed E-state index contributed by atoms with van der Waals surface area (Å²) in [6.07, 6.45) is 1.56. The minimum absolute atomic E-state index is 0.251. The highest BCUT2D eigenvalue weighted by Crippen LogP contribution is 2.21. The highest BCUT2D eigenvalue weighted by atomic mass is 16.3. The van der Waals surface area contributed by atoms with Gasteiger partial charge < -0.3 is 5.11 Å². The Morgan fingerprint density at radius 2 is 1.67 bits per heavy atom. The maximum atomic E-state index is 11.9. The molecule has 0 aliphatic heterocycles. The highest BCUT2D eigenvalue weighted by Gasteiger charge is 2.04. The van der Waals surface area contributed by atoms with Crippen molar-refractivity contribution in [3.05, 3.63) is 64.2 Å². The second-order valence-electron chi connectivity index (χ2n) is 5.07. The lowest BCUT2D eigenvalue weighted by Crippen LogP contribution is -2.17. The Kier molecular flexibility index (Phi) is 4.38. The Morgan fingerprint density at radius 3 is 2.24 bits per heavy atom. The van der Waals surface area contributed by atoms with E-state index in [0.717, 1.165) is 22.3 Å². The van der Waals surface area contributed by atoms with Crippen LogP contribution in [0.5, 0.6) is 5.75 Å². The Morgan fingerprint density at radius 1 is 1.10 bits per heavy atom. The van der Waals surface area contributed by atoms with Crippen molar-refractivity contribution in [3.8, 4) is 5.75 Å². The summed E-state index contributed by atoms with van der Waals surface area (Å²) in [6, 6.07) is 10.9. The topological polar surface area (TPSA) is 61.7 Å². The lowest BCUT2D eigenvalue weighted by Gasteiger charge is -2.04. The van der Waals surface area contributed by atoms with Crippen LogP contribution >= 0.6 is 0 Å². The molecule has 0 heterocycles. The molecule has 0 saturated carbocycles. The lowest BCUT2D eigenvalue weighted by atomic mass is 10.1. The number of phenolic OH excluding ortho intramolecular Hbond substituents is 1. The number of benzene rings is 2. The van der Waals surface area contributed by atoms with Gasteiger partial charge in [0.05, 0.1) is 6.21 Å². The molecule has 2 aromatic carbocycles. The number of rotatable bonds is 3. The van der Waals surface area contributed by atoms with E-state index < -0.39 is 0 Å². The van der Waals surface area contributed by atoms with Crippen molar-refractivity contribution >= 4 is 12.1 Å². The molecule has 0 fully saturated rings. The van der Waals surface area contributed by atoms with E-state index >= 15 is 0 Å². The zero-order chi connectivity index (χ0) is 15.4. The van der Waals surface area contributed by atoms with Crippen LogP contribution in [0.2, 0.25) is 0 Å². The third-order valence-electron chi connectivity index (χ3n) is 3.21. The first-order valence-corrected chi connectivity index (χ1v) is 6.67. The number of carbonyl (C=O) groups is 1. The predicted molar refractivity (Wildman–Crippen MR) is 83.8 cm³/mol. The molecule has 0 spiro atoms. The molecule has 0 aliphatic rings. The van der Waals surface area contributed by atoms with E-state index in [1.807, 2.05) is 45.0 Å². The minimum atomic E-state index is -0.251. The van der Waals surface area contributed by atoms with Crippen LogP contribution in [-0.4, -0.2) is 17.2 Å². The van der Waals surface area contributed by atoms with Gasteiger partial charge in [-0.2, -0.15) is 5.10 Å². The van der Waals surface area contributed by atoms with Gasteiger partial charge in [-0.3, -0.25) is 4.79 Å². The van der Waals surface area contributed by atoms with Gasteiger partial charge in [0.1, 0.15) is 5.75 Å². The Hall–Kier alpha value is -2.62. The van der Waals surface area contributed by atoms with Crippen LogP contribution in [0.1, 0.15) is 32.6 Å². The quantitative estimate of drug-likeness (QED) is 0.671. The van der Waals surface area contributed by atoms with Crippen LogP contribution in [0, 0.1) is 20.8 Å². The van der Waals surface area contributed by atoms with Gasteiger partial charge in [-0.15, -0.1) is 0 Å². The normalized spacial score (nSPS) is 10.8. The fourth-order valence-corrected chi connectivity index (χ4v) is 2.00. The Labute approximate surface area is 124 Å².